The minimum Gasteiger partial charge on any atom is -0.488 e. The lowest BCUT2D eigenvalue weighted by Gasteiger charge is -2.12. The number of hydrogen-bond acceptors (Lipinski definition) is 4. The van der Waals surface area contributed by atoms with Gasteiger partial charge >= 0.3 is 0 Å². The van der Waals surface area contributed by atoms with Gasteiger partial charge in [-0.15, -0.1) is 0 Å². The van der Waals surface area contributed by atoms with Crippen LogP contribution in [-0.2, 0) is 16.6 Å². The number of rotatable bonds is 7. The molecule has 0 amide bonds. The zero-order valence-corrected chi connectivity index (χ0v) is 18.9. The number of fused-ring (bicyclic) bond motifs is 1. The van der Waals surface area contributed by atoms with Crippen LogP contribution in [-0.4, -0.2) is 14.6 Å². The molecule has 5 nitrogen and oxygen atoms in total. The van der Waals surface area contributed by atoms with Gasteiger partial charge < -0.3 is 4.74 Å². The molecule has 0 aromatic heterocycles. The third kappa shape index (κ3) is 5.10. The van der Waals surface area contributed by atoms with E-state index in [-0.39, 0.29) is 4.90 Å². The van der Waals surface area contributed by atoms with Crippen LogP contribution in [0.15, 0.2) is 94.9 Å². The lowest BCUT2D eigenvalue weighted by atomic mass is 10.0. The van der Waals surface area contributed by atoms with Gasteiger partial charge in [0.25, 0.3) is 10.0 Å². The highest BCUT2D eigenvalue weighted by Gasteiger charge is 2.13. The maximum absolute atomic E-state index is 12.6. The molecule has 0 atom stereocenters. The molecule has 32 heavy (non-hydrogen) atoms. The highest BCUT2D eigenvalue weighted by molar-refractivity contribution is 7.89. The van der Waals surface area contributed by atoms with Crippen molar-refractivity contribution in [3.8, 4) is 5.75 Å². The predicted molar refractivity (Wildman–Crippen MR) is 129 cm³/mol. The van der Waals surface area contributed by atoms with E-state index in [1.54, 1.807) is 24.3 Å². The molecule has 0 fully saturated rings. The van der Waals surface area contributed by atoms with Gasteiger partial charge in [-0.25, -0.2) is 4.83 Å². The Balaban J connectivity index is 1.61. The molecule has 0 aliphatic rings. The summed E-state index contributed by atoms with van der Waals surface area (Å²) in [6.45, 7) is 2.24. The van der Waals surface area contributed by atoms with Gasteiger partial charge in [-0.1, -0.05) is 71.8 Å². The quantitative estimate of drug-likeness (QED) is 0.282. The van der Waals surface area contributed by atoms with Gasteiger partial charge in [-0.05, 0) is 53.6 Å². The topological polar surface area (TPSA) is 67.8 Å². The van der Waals surface area contributed by atoms with Crippen molar-refractivity contribution in [3.05, 3.63) is 107 Å². The molecule has 4 aromatic rings. The molecule has 0 bridgehead atoms. The van der Waals surface area contributed by atoms with E-state index in [0.717, 1.165) is 21.9 Å². The van der Waals surface area contributed by atoms with Crippen LogP contribution in [0.5, 0.6) is 5.75 Å². The Morgan fingerprint density at radius 1 is 0.938 bits per heavy atom. The number of hydrazone groups is 1. The van der Waals surface area contributed by atoms with Crippen LogP contribution in [0.3, 0.4) is 0 Å². The van der Waals surface area contributed by atoms with Crippen molar-refractivity contribution in [1.29, 1.82) is 0 Å². The van der Waals surface area contributed by atoms with Crippen LogP contribution in [0.4, 0.5) is 0 Å². The molecule has 0 saturated heterocycles. The fourth-order valence-corrected chi connectivity index (χ4v) is 4.12. The summed E-state index contributed by atoms with van der Waals surface area (Å²) in [4.78, 5) is 2.44. The van der Waals surface area contributed by atoms with Crippen molar-refractivity contribution in [2.24, 2.45) is 5.10 Å². The summed E-state index contributed by atoms with van der Waals surface area (Å²) in [7, 11) is -3.77. The summed E-state index contributed by atoms with van der Waals surface area (Å²) in [5, 5.41) is 6.59. The van der Waals surface area contributed by atoms with Crippen molar-refractivity contribution >= 4 is 38.6 Å². The number of hydrogen-bond donors (Lipinski definition) is 1. The second-order valence-corrected chi connectivity index (χ2v) is 9.38. The number of sulfonamides is 1. The zero-order chi connectivity index (χ0) is 22.6. The third-order valence-electron chi connectivity index (χ3n) is 4.94. The van der Waals surface area contributed by atoms with E-state index in [4.69, 9.17) is 16.3 Å². The van der Waals surface area contributed by atoms with Crippen molar-refractivity contribution in [3.63, 3.8) is 0 Å². The van der Waals surface area contributed by atoms with Crippen LogP contribution in [0.1, 0.15) is 16.7 Å². The van der Waals surface area contributed by atoms with Crippen LogP contribution in [0, 0.1) is 6.92 Å². The van der Waals surface area contributed by atoms with Gasteiger partial charge in [-0.2, -0.15) is 13.5 Å². The van der Waals surface area contributed by atoms with E-state index in [2.05, 4.69) is 9.93 Å². The largest absolute Gasteiger partial charge is 0.488 e. The monoisotopic (exact) mass is 464 g/mol. The van der Waals surface area contributed by atoms with E-state index in [9.17, 15) is 8.42 Å². The molecule has 0 spiro atoms. The first-order valence-electron chi connectivity index (χ1n) is 9.93. The van der Waals surface area contributed by atoms with E-state index >= 15 is 0 Å². The Morgan fingerprint density at radius 2 is 1.66 bits per heavy atom. The molecule has 1 N–H and O–H groups in total. The van der Waals surface area contributed by atoms with Crippen molar-refractivity contribution in [2.45, 2.75) is 18.4 Å². The number of aryl methyl sites for hydroxylation is 1. The average Bonchev–Trinajstić information content (AvgIpc) is 2.79. The fourth-order valence-electron chi connectivity index (χ4n) is 3.21. The van der Waals surface area contributed by atoms with Gasteiger partial charge in [0, 0.05) is 10.6 Å². The zero-order valence-electron chi connectivity index (χ0n) is 17.3. The Morgan fingerprint density at radius 3 is 2.41 bits per heavy atom. The summed E-state index contributed by atoms with van der Waals surface area (Å²) < 4.78 is 31.1. The predicted octanol–water partition coefficient (Wildman–Crippen LogP) is 5.69. The summed E-state index contributed by atoms with van der Waals surface area (Å²) in [5.41, 5.74) is 2.62. The fraction of sp³-hybridized carbons (Fsp3) is 0.0800. The van der Waals surface area contributed by atoms with E-state index in [1.807, 2.05) is 67.6 Å². The van der Waals surface area contributed by atoms with Crippen molar-refractivity contribution < 1.29 is 13.2 Å². The summed E-state index contributed by atoms with van der Waals surface area (Å²) in [6.07, 6.45) is 1.48. The normalized spacial score (nSPS) is 11.7. The summed E-state index contributed by atoms with van der Waals surface area (Å²) in [5.74, 6) is 0.594. The van der Waals surface area contributed by atoms with Gasteiger partial charge in [0.05, 0.1) is 11.1 Å². The maximum Gasteiger partial charge on any atom is 0.276 e. The second kappa shape index (κ2) is 9.42. The summed E-state index contributed by atoms with van der Waals surface area (Å²) in [6, 6.07) is 25.6. The second-order valence-electron chi connectivity index (χ2n) is 7.28. The molecular weight excluding hydrogens is 444 g/mol. The van der Waals surface area contributed by atoms with Gasteiger partial charge in [0.2, 0.25) is 0 Å². The average molecular weight is 465 g/mol. The maximum atomic E-state index is 12.6. The van der Waals surface area contributed by atoms with E-state index in [0.29, 0.717) is 22.9 Å². The minimum absolute atomic E-state index is 0.150. The number of nitrogens with one attached hydrogen (secondary N) is 1. The Bertz CT molecular complexity index is 1370. The lowest BCUT2D eigenvalue weighted by molar-refractivity contribution is 0.306. The van der Waals surface area contributed by atoms with Crippen LogP contribution < -0.4 is 9.57 Å². The van der Waals surface area contributed by atoms with Gasteiger partial charge in [-0.3, -0.25) is 0 Å². The molecule has 4 aromatic carbocycles. The smallest absolute Gasteiger partial charge is 0.276 e. The first kappa shape index (κ1) is 21.9. The van der Waals surface area contributed by atoms with Crippen LogP contribution in [0.2, 0.25) is 5.02 Å². The molecule has 0 aliphatic heterocycles. The van der Waals surface area contributed by atoms with E-state index < -0.39 is 10.0 Å². The molecule has 4 rings (SSSR count). The van der Waals surface area contributed by atoms with Crippen LogP contribution in [0.25, 0.3) is 10.8 Å². The SMILES string of the molecule is Cc1ccc(S(=O)(=O)N/N=C\c2c(OCc3ccc(Cl)cc3)ccc3ccccc23)cc1. The van der Waals surface area contributed by atoms with Crippen LogP contribution >= 0.6 is 11.6 Å². The van der Waals surface area contributed by atoms with Crippen molar-refractivity contribution in [1.82, 2.24) is 4.83 Å². The molecule has 0 radical (unpaired) electrons. The molecule has 0 saturated carbocycles. The number of ether oxygens (including phenoxy) is 1. The molecule has 0 aliphatic carbocycles. The minimum atomic E-state index is -3.77. The number of benzene rings is 4. The molecule has 0 unspecified atom stereocenters. The Labute approximate surface area is 192 Å². The molecule has 162 valence electrons. The third-order valence-corrected chi connectivity index (χ3v) is 6.43. The molecule has 7 heteroatoms. The van der Waals surface area contributed by atoms with Gasteiger partial charge in [0.1, 0.15) is 12.4 Å². The van der Waals surface area contributed by atoms with Crippen molar-refractivity contribution in [2.75, 3.05) is 0 Å². The highest BCUT2D eigenvalue weighted by atomic mass is 35.5. The summed E-state index contributed by atoms with van der Waals surface area (Å²) >= 11 is 5.95. The lowest BCUT2D eigenvalue weighted by Crippen LogP contribution is -2.18. The van der Waals surface area contributed by atoms with E-state index in [1.165, 1.54) is 6.21 Å². The Hall–Kier alpha value is -3.35. The number of nitrogens with zero attached hydrogens (tertiary/aromatic N) is 1. The standard InChI is InChI=1S/C25H21ClN2O3S/c1-18-6-13-22(14-7-18)32(29,30)28-27-16-24-23-5-3-2-4-20(23)10-15-25(24)31-17-19-8-11-21(26)12-9-19/h2-16,28H,17H2,1H3/b27-16-. The number of halogens is 1. The molecular formula is C25H21ClN2O3S. The molecule has 0 heterocycles. The highest BCUT2D eigenvalue weighted by Crippen LogP contribution is 2.27. The first-order chi connectivity index (χ1) is 15.4. The Kier molecular flexibility index (Phi) is 6.44. The first-order valence-corrected chi connectivity index (χ1v) is 11.8. The van der Waals surface area contributed by atoms with Gasteiger partial charge in [0.15, 0.2) is 0 Å².